The van der Waals surface area contributed by atoms with Crippen LogP contribution in [0.25, 0.3) is 0 Å². The number of nitrogens with two attached hydrogens (primary N) is 1. The highest BCUT2D eigenvalue weighted by atomic mass is 16.2. The molecular formula is C15H29N3O. The van der Waals surface area contributed by atoms with Crippen LogP contribution in [-0.2, 0) is 4.79 Å². The predicted octanol–water partition coefficient (Wildman–Crippen LogP) is 1.63. The Morgan fingerprint density at radius 1 is 1.16 bits per heavy atom. The van der Waals surface area contributed by atoms with Crippen molar-refractivity contribution in [3.63, 3.8) is 0 Å². The van der Waals surface area contributed by atoms with Crippen molar-refractivity contribution in [2.24, 2.45) is 5.73 Å². The SMILES string of the molecule is CC1CCC(C)N1C(C)C(=O)NC1CCCCC1N. The first-order chi connectivity index (χ1) is 9.00. The number of carbonyl (C=O) groups is 1. The number of nitrogens with one attached hydrogen (secondary N) is 1. The summed E-state index contributed by atoms with van der Waals surface area (Å²) in [4.78, 5) is 14.8. The molecule has 4 nitrogen and oxygen atoms in total. The third-order valence-corrected chi connectivity index (χ3v) is 4.99. The minimum Gasteiger partial charge on any atom is -0.350 e. The molecule has 5 atom stereocenters. The summed E-state index contributed by atoms with van der Waals surface area (Å²) in [5.74, 6) is 0.156. The van der Waals surface area contributed by atoms with Crippen LogP contribution in [0.1, 0.15) is 59.3 Å². The molecule has 1 aliphatic carbocycles. The van der Waals surface area contributed by atoms with E-state index >= 15 is 0 Å². The first-order valence-corrected chi connectivity index (χ1v) is 7.84. The smallest absolute Gasteiger partial charge is 0.237 e. The number of amides is 1. The van der Waals surface area contributed by atoms with Crippen LogP contribution in [0.3, 0.4) is 0 Å². The lowest BCUT2D eigenvalue weighted by atomic mass is 9.91. The Hall–Kier alpha value is -0.610. The second-order valence-corrected chi connectivity index (χ2v) is 6.46. The van der Waals surface area contributed by atoms with Crippen molar-refractivity contribution in [3.8, 4) is 0 Å². The van der Waals surface area contributed by atoms with Crippen molar-refractivity contribution in [2.45, 2.75) is 89.5 Å². The molecule has 19 heavy (non-hydrogen) atoms. The van der Waals surface area contributed by atoms with Gasteiger partial charge < -0.3 is 11.1 Å². The van der Waals surface area contributed by atoms with Gasteiger partial charge in [0.25, 0.3) is 0 Å². The van der Waals surface area contributed by atoms with Gasteiger partial charge in [-0.1, -0.05) is 12.8 Å². The first kappa shape index (κ1) is 14.8. The average molecular weight is 267 g/mol. The van der Waals surface area contributed by atoms with Crippen molar-refractivity contribution in [1.29, 1.82) is 0 Å². The van der Waals surface area contributed by atoms with E-state index < -0.39 is 0 Å². The van der Waals surface area contributed by atoms with Gasteiger partial charge in [-0.15, -0.1) is 0 Å². The molecule has 0 radical (unpaired) electrons. The molecule has 1 saturated heterocycles. The maximum atomic E-state index is 12.4. The van der Waals surface area contributed by atoms with Gasteiger partial charge in [0, 0.05) is 24.2 Å². The molecule has 0 bridgehead atoms. The zero-order valence-electron chi connectivity index (χ0n) is 12.6. The van der Waals surface area contributed by atoms with Crippen LogP contribution in [0.5, 0.6) is 0 Å². The molecule has 1 amide bonds. The monoisotopic (exact) mass is 267 g/mol. The molecule has 1 heterocycles. The third kappa shape index (κ3) is 3.29. The number of carbonyl (C=O) groups excluding carboxylic acids is 1. The van der Waals surface area contributed by atoms with Crippen molar-refractivity contribution in [3.05, 3.63) is 0 Å². The molecule has 2 aliphatic rings. The fourth-order valence-electron chi connectivity index (χ4n) is 3.76. The number of hydrogen-bond acceptors (Lipinski definition) is 3. The maximum Gasteiger partial charge on any atom is 0.237 e. The van der Waals surface area contributed by atoms with E-state index in [-0.39, 0.29) is 24.0 Å². The van der Waals surface area contributed by atoms with Gasteiger partial charge in [0.15, 0.2) is 0 Å². The van der Waals surface area contributed by atoms with Gasteiger partial charge in [-0.2, -0.15) is 0 Å². The van der Waals surface area contributed by atoms with Crippen LogP contribution < -0.4 is 11.1 Å². The highest BCUT2D eigenvalue weighted by Crippen LogP contribution is 2.26. The number of rotatable bonds is 3. The zero-order chi connectivity index (χ0) is 14.0. The number of hydrogen-bond donors (Lipinski definition) is 2. The minimum absolute atomic E-state index is 0.0402. The zero-order valence-corrected chi connectivity index (χ0v) is 12.6. The quantitative estimate of drug-likeness (QED) is 0.817. The third-order valence-electron chi connectivity index (χ3n) is 4.99. The molecule has 2 rings (SSSR count). The predicted molar refractivity (Wildman–Crippen MR) is 77.8 cm³/mol. The van der Waals surface area contributed by atoms with E-state index in [1.165, 1.54) is 25.7 Å². The minimum atomic E-state index is -0.0402. The summed E-state index contributed by atoms with van der Waals surface area (Å²) in [7, 11) is 0. The second-order valence-electron chi connectivity index (χ2n) is 6.46. The summed E-state index contributed by atoms with van der Waals surface area (Å²) in [6.07, 6.45) is 6.84. The van der Waals surface area contributed by atoms with Crippen LogP contribution in [0.4, 0.5) is 0 Å². The van der Waals surface area contributed by atoms with Crippen LogP contribution in [0.15, 0.2) is 0 Å². The molecule has 1 saturated carbocycles. The summed E-state index contributed by atoms with van der Waals surface area (Å²) in [5.41, 5.74) is 6.11. The molecular weight excluding hydrogens is 238 g/mol. The molecule has 2 fully saturated rings. The van der Waals surface area contributed by atoms with Gasteiger partial charge in [0.1, 0.15) is 0 Å². The van der Waals surface area contributed by atoms with E-state index in [0.29, 0.717) is 12.1 Å². The van der Waals surface area contributed by atoms with E-state index in [4.69, 9.17) is 5.73 Å². The Bertz CT molecular complexity index is 311. The molecule has 0 aromatic carbocycles. The lowest BCUT2D eigenvalue weighted by Crippen LogP contribution is -2.55. The van der Waals surface area contributed by atoms with E-state index in [1.807, 2.05) is 6.92 Å². The highest BCUT2D eigenvalue weighted by molar-refractivity contribution is 5.81. The van der Waals surface area contributed by atoms with Crippen molar-refractivity contribution in [1.82, 2.24) is 10.2 Å². The molecule has 0 spiro atoms. The number of likely N-dealkylation sites (tertiary alicyclic amines) is 1. The van der Waals surface area contributed by atoms with Gasteiger partial charge >= 0.3 is 0 Å². The summed E-state index contributed by atoms with van der Waals surface area (Å²) >= 11 is 0. The fraction of sp³-hybridized carbons (Fsp3) is 0.933. The molecule has 110 valence electrons. The Morgan fingerprint density at radius 3 is 2.32 bits per heavy atom. The Kier molecular flexibility index (Phi) is 4.85. The van der Waals surface area contributed by atoms with Gasteiger partial charge in [-0.05, 0) is 46.5 Å². The van der Waals surface area contributed by atoms with E-state index in [0.717, 1.165) is 12.8 Å². The Labute approximate surface area is 117 Å². The topological polar surface area (TPSA) is 58.4 Å². The van der Waals surface area contributed by atoms with Crippen molar-refractivity contribution >= 4 is 5.91 Å². The van der Waals surface area contributed by atoms with E-state index in [9.17, 15) is 4.79 Å². The van der Waals surface area contributed by atoms with Crippen LogP contribution in [-0.4, -0.2) is 41.0 Å². The molecule has 3 N–H and O–H groups in total. The lowest BCUT2D eigenvalue weighted by Gasteiger charge is -2.35. The summed E-state index contributed by atoms with van der Waals surface area (Å²) in [6.45, 7) is 6.47. The number of nitrogens with zero attached hydrogens (tertiary/aromatic N) is 1. The van der Waals surface area contributed by atoms with Crippen LogP contribution >= 0.6 is 0 Å². The highest BCUT2D eigenvalue weighted by Gasteiger charge is 2.35. The van der Waals surface area contributed by atoms with E-state index in [1.54, 1.807) is 0 Å². The van der Waals surface area contributed by atoms with Crippen molar-refractivity contribution in [2.75, 3.05) is 0 Å². The first-order valence-electron chi connectivity index (χ1n) is 7.84. The molecule has 4 heteroatoms. The largest absolute Gasteiger partial charge is 0.350 e. The lowest BCUT2D eigenvalue weighted by molar-refractivity contribution is -0.127. The van der Waals surface area contributed by atoms with Gasteiger partial charge in [0.05, 0.1) is 6.04 Å². The second kappa shape index (κ2) is 6.23. The summed E-state index contributed by atoms with van der Waals surface area (Å²) in [6, 6.07) is 1.29. The van der Waals surface area contributed by atoms with Gasteiger partial charge in [0.2, 0.25) is 5.91 Å². The molecule has 5 unspecified atom stereocenters. The van der Waals surface area contributed by atoms with E-state index in [2.05, 4.69) is 24.1 Å². The molecule has 1 aliphatic heterocycles. The molecule has 0 aromatic rings. The standard InChI is InChI=1S/C15H29N3O/c1-10-8-9-11(2)18(10)12(3)15(19)17-14-7-5-4-6-13(14)16/h10-14H,4-9,16H2,1-3H3,(H,17,19). The van der Waals surface area contributed by atoms with Crippen LogP contribution in [0, 0.1) is 0 Å². The average Bonchev–Trinajstić information content (AvgIpc) is 2.71. The van der Waals surface area contributed by atoms with Crippen molar-refractivity contribution < 1.29 is 4.79 Å². The summed E-state index contributed by atoms with van der Waals surface area (Å²) in [5, 5.41) is 3.18. The Morgan fingerprint density at radius 2 is 1.74 bits per heavy atom. The molecule has 0 aromatic heterocycles. The normalized spacial score (nSPS) is 38.1. The van der Waals surface area contributed by atoms with Gasteiger partial charge in [-0.25, -0.2) is 0 Å². The maximum absolute atomic E-state index is 12.4. The van der Waals surface area contributed by atoms with Crippen LogP contribution in [0.2, 0.25) is 0 Å². The summed E-state index contributed by atoms with van der Waals surface area (Å²) < 4.78 is 0. The Balaban J connectivity index is 1.91. The van der Waals surface area contributed by atoms with Gasteiger partial charge in [-0.3, -0.25) is 9.69 Å². The fourth-order valence-corrected chi connectivity index (χ4v) is 3.76.